The van der Waals surface area contributed by atoms with E-state index in [-0.39, 0.29) is 0 Å². The van der Waals surface area contributed by atoms with Crippen LogP contribution in [-0.4, -0.2) is 18.7 Å². The van der Waals surface area contributed by atoms with E-state index in [4.69, 9.17) is 4.74 Å². The monoisotopic (exact) mass is 296 g/mol. The van der Waals surface area contributed by atoms with Crippen molar-refractivity contribution in [2.75, 3.05) is 14.2 Å². The Morgan fingerprint density at radius 3 is 2.71 bits per heavy atom. The number of hydrogen-bond acceptors (Lipinski definition) is 2. The summed E-state index contributed by atoms with van der Waals surface area (Å²) in [5.41, 5.74) is 3.73. The molecule has 3 nitrogen and oxygen atoms in total. The normalized spacial score (nSPS) is 11.1. The van der Waals surface area contributed by atoms with Crippen LogP contribution in [-0.2, 0) is 13.6 Å². The number of halogens is 1. The molecule has 0 aliphatic carbocycles. The molecule has 0 radical (unpaired) electrons. The molecule has 1 heterocycles. The summed E-state index contributed by atoms with van der Waals surface area (Å²) < 4.78 is 8.69. The summed E-state index contributed by atoms with van der Waals surface area (Å²) in [5.74, 6) is 0.900. The number of hydrogen-bond donors (Lipinski definition) is 1. The second-order valence-electron chi connectivity index (χ2n) is 4.19. The number of nitrogens with zero attached hydrogens (tertiary/aromatic N) is 1. The molecule has 0 saturated heterocycles. The minimum absolute atomic E-state index is 0.841. The van der Waals surface area contributed by atoms with Crippen LogP contribution >= 0.6 is 15.9 Å². The molecule has 17 heavy (non-hydrogen) atoms. The first kappa shape index (κ1) is 12.5. The molecule has 0 fully saturated rings. The van der Waals surface area contributed by atoms with E-state index < -0.39 is 0 Å². The molecule has 4 heteroatoms. The third-order valence-electron chi connectivity index (χ3n) is 3.08. The summed E-state index contributed by atoms with van der Waals surface area (Å²) in [6.07, 6.45) is 0. The lowest BCUT2D eigenvalue weighted by molar-refractivity contribution is 0.415. The third-order valence-corrected chi connectivity index (χ3v) is 3.97. The van der Waals surface area contributed by atoms with Gasteiger partial charge in [-0.05, 0) is 47.6 Å². The van der Waals surface area contributed by atoms with Gasteiger partial charge in [-0.15, -0.1) is 0 Å². The minimum atomic E-state index is 0.841. The molecule has 92 valence electrons. The maximum Gasteiger partial charge on any atom is 0.119 e. The highest BCUT2D eigenvalue weighted by Crippen LogP contribution is 2.35. The van der Waals surface area contributed by atoms with E-state index in [9.17, 15) is 0 Å². The molecular weight excluding hydrogens is 280 g/mol. The number of aryl methyl sites for hydroxylation is 2. The molecule has 2 rings (SSSR count). The summed E-state index contributed by atoms with van der Waals surface area (Å²) in [4.78, 5) is 0. The molecule has 0 atom stereocenters. The van der Waals surface area contributed by atoms with Crippen molar-refractivity contribution in [2.24, 2.45) is 7.05 Å². The number of ether oxygens (including phenoxy) is 1. The Labute approximate surface area is 110 Å². The van der Waals surface area contributed by atoms with Crippen molar-refractivity contribution in [3.8, 4) is 5.75 Å². The van der Waals surface area contributed by atoms with Gasteiger partial charge >= 0.3 is 0 Å². The summed E-state index contributed by atoms with van der Waals surface area (Å²) >= 11 is 3.68. The van der Waals surface area contributed by atoms with Gasteiger partial charge in [0.1, 0.15) is 5.75 Å². The minimum Gasteiger partial charge on any atom is -0.497 e. The van der Waals surface area contributed by atoms with Crippen molar-refractivity contribution >= 4 is 26.8 Å². The van der Waals surface area contributed by atoms with E-state index in [1.165, 1.54) is 22.2 Å². The molecule has 1 aromatic carbocycles. The fraction of sp³-hybridized carbons (Fsp3) is 0.385. The van der Waals surface area contributed by atoms with Gasteiger partial charge in [0.25, 0.3) is 0 Å². The fourth-order valence-corrected chi connectivity index (χ4v) is 2.99. The molecule has 1 aromatic heterocycles. The van der Waals surface area contributed by atoms with Gasteiger partial charge in [0.2, 0.25) is 0 Å². The van der Waals surface area contributed by atoms with Crippen molar-refractivity contribution in [1.29, 1.82) is 0 Å². The standard InChI is InChI=1S/C13H17BrN2O/c1-8-5-9(17-4)6-10-12(14)11(7-15-2)16(3)13(8)10/h5-6,15H,7H2,1-4H3. The molecule has 0 aliphatic heterocycles. The zero-order chi connectivity index (χ0) is 12.6. The van der Waals surface area contributed by atoms with E-state index >= 15 is 0 Å². The van der Waals surface area contributed by atoms with Crippen molar-refractivity contribution in [3.63, 3.8) is 0 Å². The van der Waals surface area contributed by atoms with Crippen LogP contribution in [0.2, 0.25) is 0 Å². The number of aromatic nitrogens is 1. The molecule has 0 amide bonds. The van der Waals surface area contributed by atoms with Gasteiger partial charge in [-0.25, -0.2) is 0 Å². The quantitative estimate of drug-likeness (QED) is 0.942. The van der Waals surface area contributed by atoms with Crippen LogP contribution in [0.4, 0.5) is 0 Å². The third kappa shape index (κ3) is 1.96. The number of fused-ring (bicyclic) bond motifs is 1. The van der Waals surface area contributed by atoms with E-state index in [1.54, 1.807) is 7.11 Å². The van der Waals surface area contributed by atoms with Crippen molar-refractivity contribution in [3.05, 3.63) is 27.9 Å². The first-order chi connectivity index (χ1) is 8.10. The molecule has 0 unspecified atom stereocenters. The highest BCUT2D eigenvalue weighted by Gasteiger charge is 2.15. The van der Waals surface area contributed by atoms with Crippen LogP contribution in [0.5, 0.6) is 5.75 Å². The Morgan fingerprint density at radius 2 is 2.12 bits per heavy atom. The topological polar surface area (TPSA) is 26.2 Å². The predicted molar refractivity (Wildman–Crippen MR) is 74.7 cm³/mol. The highest BCUT2D eigenvalue weighted by atomic mass is 79.9. The van der Waals surface area contributed by atoms with Gasteiger partial charge in [-0.3, -0.25) is 0 Å². The van der Waals surface area contributed by atoms with Gasteiger partial charge in [0, 0.05) is 29.1 Å². The highest BCUT2D eigenvalue weighted by molar-refractivity contribution is 9.10. The molecule has 2 aromatic rings. The van der Waals surface area contributed by atoms with Crippen LogP contribution in [0.25, 0.3) is 10.9 Å². The molecule has 1 N–H and O–H groups in total. The first-order valence-electron chi connectivity index (χ1n) is 5.56. The second-order valence-corrected chi connectivity index (χ2v) is 4.98. The van der Waals surface area contributed by atoms with Gasteiger partial charge in [0.05, 0.1) is 12.6 Å². The van der Waals surface area contributed by atoms with Crippen LogP contribution in [0.15, 0.2) is 16.6 Å². The predicted octanol–water partition coefficient (Wildman–Crippen LogP) is 2.98. The largest absolute Gasteiger partial charge is 0.497 e. The number of methoxy groups -OCH3 is 1. The molecule has 0 saturated carbocycles. The van der Waals surface area contributed by atoms with Crippen molar-refractivity contribution < 1.29 is 4.74 Å². The zero-order valence-electron chi connectivity index (χ0n) is 10.6. The van der Waals surface area contributed by atoms with E-state index in [0.29, 0.717) is 0 Å². The maximum absolute atomic E-state index is 5.32. The Balaban J connectivity index is 2.77. The van der Waals surface area contributed by atoms with Gasteiger partial charge in [0.15, 0.2) is 0 Å². The van der Waals surface area contributed by atoms with E-state index in [1.807, 2.05) is 7.05 Å². The van der Waals surface area contributed by atoms with Crippen molar-refractivity contribution in [2.45, 2.75) is 13.5 Å². The van der Waals surface area contributed by atoms with Crippen molar-refractivity contribution in [1.82, 2.24) is 9.88 Å². The Hall–Kier alpha value is -1.00. The molecule has 0 spiro atoms. The number of benzene rings is 1. The SMILES string of the molecule is CNCc1c(Br)c2cc(OC)cc(C)c2n1C. The smallest absolute Gasteiger partial charge is 0.119 e. The van der Waals surface area contributed by atoms with Gasteiger partial charge in [-0.2, -0.15) is 0 Å². The lowest BCUT2D eigenvalue weighted by Gasteiger charge is -2.06. The maximum atomic E-state index is 5.32. The average Bonchev–Trinajstić information content (AvgIpc) is 2.55. The van der Waals surface area contributed by atoms with Crippen LogP contribution < -0.4 is 10.1 Å². The lowest BCUT2D eigenvalue weighted by atomic mass is 10.1. The molecular formula is C13H17BrN2O. The number of rotatable bonds is 3. The fourth-order valence-electron chi connectivity index (χ4n) is 2.28. The Bertz CT molecular complexity index is 560. The van der Waals surface area contributed by atoms with Crippen LogP contribution in [0.1, 0.15) is 11.3 Å². The summed E-state index contributed by atoms with van der Waals surface area (Å²) in [7, 11) is 5.75. The van der Waals surface area contributed by atoms with E-state index in [2.05, 4.69) is 51.9 Å². The number of nitrogens with one attached hydrogen (secondary N) is 1. The Kier molecular flexibility index (Phi) is 3.45. The van der Waals surface area contributed by atoms with Crippen LogP contribution in [0, 0.1) is 6.92 Å². The van der Waals surface area contributed by atoms with E-state index in [0.717, 1.165) is 16.8 Å². The first-order valence-corrected chi connectivity index (χ1v) is 6.35. The molecule has 0 aliphatic rings. The Morgan fingerprint density at radius 1 is 1.41 bits per heavy atom. The second kappa shape index (κ2) is 4.70. The van der Waals surface area contributed by atoms with Gasteiger partial charge < -0.3 is 14.6 Å². The van der Waals surface area contributed by atoms with Gasteiger partial charge in [-0.1, -0.05) is 0 Å². The average molecular weight is 297 g/mol. The summed E-state index contributed by atoms with van der Waals surface area (Å²) in [5, 5.41) is 4.40. The zero-order valence-corrected chi connectivity index (χ0v) is 12.2. The van der Waals surface area contributed by atoms with Crippen LogP contribution in [0.3, 0.4) is 0 Å². The molecule has 0 bridgehead atoms. The summed E-state index contributed by atoms with van der Waals surface area (Å²) in [6.45, 7) is 2.95. The summed E-state index contributed by atoms with van der Waals surface area (Å²) in [6, 6.07) is 4.14. The lowest BCUT2D eigenvalue weighted by Crippen LogP contribution is -2.09.